The van der Waals surface area contributed by atoms with Gasteiger partial charge >= 0.3 is 0 Å². The summed E-state index contributed by atoms with van der Waals surface area (Å²) in [6, 6.07) is 3.06. The van der Waals surface area contributed by atoms with E-state index in [9.17, 15) is 18.4 Å². The first kappa shape index (κ1) is 16.9. The highest BCUT2D eigenvalue weighted by Gasteiger charge is 2.24. The molecule has 6 heteroatoms. The fraction of sp³-hybridized carbons (Fsp3) is 0.294. The van der Waals surface area contributed by atoms with E-state index in [4.69, 9.17) is 4.74 Å². The average Bonchev–Trinajstić information content (AvgIpc) is 2.77. The van der Waals surface area contributed by atoms with Crippen molar-refractivity contribution in [3.63, 3.8) is 0 Å². The SMILES string of the molecule is CC(=O)c1c(C)[nH]c(C(=O)C(C)Oc2ccc(F)c(F)c2)c1C. The van der Waals surface area contributed by atoms with Crippen LogP contribution in [0.15, 0.2) is 18.2 Å². The van der Waals surface area contributed by atoms with E-state index in [2.05, 4.69) is 4.98 Å². The van der Waals surface area contributed by atoms with Gasteiger partial charge in [0.1, 0.15) is 5.75 Å². The van der Waals surface area contributed by atoms with Gasteiger partial charge in [0.2, 0.25) is 5.78 Å². The number of rotatable bonds is 5. The Kier molecular flexibility index (Phi) is 4.63. The maximum absolute atomic E-state index is 13.2. The molecule has 0 fully saturated rings. The molecule has 0 saturated carbocycles. The third-order valence-corrected chi connectivity index (χ3v) is 3.61. The molecule has 1 unspecified atom stereocenters. The van der Waals surface area contributed by atoms with Crippen molar-refractivity contribution in [1.82, 2.24) is 4.98 Å². The first-order valence-electron chi connectivity index (χ1n) is 7.08. The molecule has 0 aliphatic carbocycles. The summed E-state index contributed by atoms with van der Waals surface area (Å²) in [6.07, 6.45) is -0.920. The van der Waals surface area contributed by atoms with Gasteiger partial charge in [0.15, 0.2) is 23.5 Å². The molecule has 1 aromatic heterocycles. The van der Waals surface area contributed by atoms with Crippen molar-refractivity contribution in [3.8, 4) is 5.75 Å². The van der Waals surface area contributed by atoms with Crippen molar-refractivity contribution in [2.75, 3.05) is 0 Å². The Morgan fingerprint density at radius 3 is 2.35 bits per heavy atom. The van der Waals surface area contributed by atoms with E-state index in [0.29, 0.717) is 16.8 Å². The van der Waals surface area contributed by atoms with Gasteiger partial charge in [-0.05, 0) is 45.4 Å². The Morgan fingerprint density at radius 2 is 1.83 bits per heavy atom. The maximum atomic E-state index is 13.2. The van der Waals surface area contributed by atoms with Gasteiger partial charge in [-0.15, -0.1) is 0 Å². The lowest BCUT2D eigenvalue weighted by molar-refractivity contribution is 0.0812. The third-order valence-electron chi connectivity index (χ3n) is 3.61. The summed E-state index contributed by atoms with van der Waals surface area (Å²) >= 11 is 0. The number of benzene rings is 1. The molecule has 2 rings (SSSR count). The molecule has 4 nitrogen and oxygen atoms in total. The normalized spacial score (nSPS) is 12.1. The van der Waals surface area contributed by atoms with Crippen LogP contribution < -0.4 is 4.74 Å². The van der Waals surface area contributed by atoms with Crippen molar-refractivity contribution in [2.45, 2.75) is 33.8 Å². The van der Waals surface area contributed by atoms with E-state index in [0.717, 1.165) is 12.1 Å². The van der Waals surface area contributed by atoms with Gasteiger partial charge in [-0.25, -0.2) is 8.78 Å². The zero-order valence-corrected chi connectivity index (χ0v) is 13.3. The molecule has 23 heavy (non-hydrogen) atoms. The molecular formula is C17H17F2NO3. The van der Waals surface area contributed by atoms with Crippen LogP contribution in [-0.4, -0.2) is 22.7 Å². The van der Waals surface area contributed by atoms with Gasteiger partial charge in [0, 0.05) is 17.3 Å². The monoisotopic (exact) mass is 321 g/mol. The number of aryl methyl sites for hydroxylation is 1. The van der Waals surface area contributed by atoms with Crippen LogP contribution in [0.1, 0.15) is 46.0 Å². The van der Waals surface area contributed by atoms with Gasteiger partial charge in [-0.2, -0.15) is 0 Å². The van der Waals surface area contributed by atoms with Gasteiger partial charge in [-0.3, -0.25) is 9.59 Å². The predicted octanol–water partition coefficient (Wildman–Crippen LogP) is 3.76. The standard InChI is InChI=1S/C17H17F2NO3/c1-8-15(10(3)21)9(2)20-16(8)17(22)11(4)23-12-5-6-13(18)14(19)7-12/h5-7,11,20H,1-4H3. The molecule has 1 N–H and O–H groups in total. The second kappa shape index (κ2) is 6.32. The second-order valence-electron chi connectivity index (χ2n) is 5.38. The van der Waals surface area contributed by atoms with Crippen LogP contribution in [0.5, 0.6) is 5.75 Å². The number of hydrogen-bond donors (Lipinski definition) is 1. The fourth-order valence-electron chi connectivity index (χ4n) is 2.54. The van der Waals surface area contributed by atoms with E-state index in [1.807, 2.05) is 0 Å². The number of ether oxygens (including phenoxy) is 1. The minimum atomic E-state index is -1.05. The molecule has 122 valence electrons. The first-order valence-corrected chi connectivity index (χ1v) is 7.08. The summed E-state index contributed by atoms with van der Waals surface area (Å²) in [5, 5.41) is 0. The highest BCUT2D eigenvalue weighted by atomic mass is 19.2. The van der Waals surface area contributed by atoms with E-state index >= 15 is 0 Å². The molecule has 0 radical (unpaired) electrons. The molecule has 0 spiro atoms. The zero-order chi connectivity index (χ0) is 17.3. The Hall–Kier alpha value is -2.50. The van der Waals surface area contributed by atoms with Gasteiger partial charge in [0.25, 0.3) is 0 Å². The Labute approximate surface area is 132 Å². The van der Waals surface area contributed by atoms with Crippen LogP contribution in [-0.2, 0) is 0 Å². The average molecular weight is 321 g/mol. The van der Waals surface area contributed by atoms with Crippen molar-refractivity contribution >= 4 is 11.6 Å². The molecule has 0 aliphatic rings. The third kappa shape index (κ3) is 3.31. The summed E-state index contributed by atoms with van der Waals surface area (Å²) in [5.74, 6) is -2.49. The van der Waals surface area contributed by atoms with E-state index in [1.165, 1.54) is 19.9 Å². The zero-order valence-electron chi connectivity index (χ0n) is 13.3. The van der Waals surface area contributed by atoms with Crippen LogP contribution in [0.4, 0.5) is 8.78 Å². The number of H-pyrrole nitrogens is 1. The quantitative estimate of drug-likeness (QED) is 0.853. The molecule has 0 aliphatic heterocycles. The molecule has 0 bridgehead atoms. The number of halogens is 2. The van der Waals surface area contributed by atoms with Crippen LogP contribution in [0.3, 0.4) is 0 Å². The van der Waals surface area contributed by atoms with Crippen molar-refractivity contribution < 1.29 is 23.1 Å². The van der Waals surface area contributed by atoms with Crippen molar-refractivity contribution in [1.29, 1.82) is 0 Å². The summed E-state index contributed by atoms with van der Waals surface area (Å²) in [7, 11) is 0. The maximum Gasteiger partial charge on any atom is 0.219 e. The van der Waals surface area contributed by atoms with E-state index in [1.54, 1.807) is 13.8 Å². The molecular weight excluding hydrogens is 304 g/mol. The number of Topliss-reactive ketones (excluding diaryl/α,β-unsaturated/α-hetero) is 2. The molecule has 1 heterocycles. The summed E-state index contributed by atoms with van der Waals surface area (Å²) in [4.78, 5) is 27.0. The lowest BCUT2D eigenvalue weighted by Crippen LogP contribution is -2.25. The number of carbonyl (C=O) groups excluding carboxylic acids is 2. The minimum absolute atomic E-state index is 0.0532. The lowest BCUT2D eigenvalue weighted by atomic mass is 10.0. The van der Waals surface area contributed by atoms with Crippen molar-refractivity contribution in [3.05, 3.63) is 52.3 Å². The number of aromatic amines is 1. The topological polar surface area (TPSA) is 59.2 Å². The fourth-order valence-corrected chi connectivity index (χ4v) is 2.54. The van der Waals surface area contributed by atoms with Crippen LogP contribution in [0.25, 0.3) is 0 Å². The minimum Gasteiger partial charge on any atom is -0.482 e. The molecule has 0 saturated heterocycles. The Morgan fingerprint density at radius 1 is 1.17 bits per heavy atom. The number of aromatic nitrogens is 1. The van der Waals surface area contributed by atoms with Crippen LogP contribution in [0, 0.1) is 25.5 Å². The molecule has 1 aromatic carbocycles. The van der Waals surface area contributed by atoms with Crippen LogP contribution >= 0.6 is 0 Å². The van der Waals surface area contributed by atoms with E-state index in [-0.39, 0.29) is 23.0 Å². The largest absolute Gasteiger partial charge is 0.482 e. The van der Waals surface area contributed by atoms with Gasteiger partial charge < -0.3 is 9.72 Å². The highest BCUT2D eigenvalue weighted by molar-refractivity contribution is 6.04. The number of ketones is 2. The molecule has 0 amide bonds. The number of hydrogen-bond acceptors (Lipinski definition) is 3. The van der Waals surface area contributed by atoms with Crippen LogP contribution in [0.2, 0.25) is 0 Å². The predicted molar refractivity (Wildman–Crippen MR) is 81.0 cm³/mol. The number of nitrogens with one attached hydrogen (secondary N) is 1. The Bertz CT molecular complexity index is 780. The van der Waals surface area contributed by atoms with Gasteiger partial charge in [-0.1, -0.05) is 0 Å². The first-order chi connectivity index (χ1) is 10.7. The molecule has 2 aromatic rings. The lowest BCUT2D eigenvalue weighted by Gasteiger charge is -2.13. The smallest absolute Gasteiger partial charge is 0.219 e. The summed E-state index contributed by atoms with van der Waals surface area (Å²) < 4.78 is 31.5. The summed E-state index contributed by atoms with van der Waals surface area (Å²) in [5.41, 5.74) is 1.93. The van der Waals surface area contributed by atoms with Gasteiger partial charge in [0.05, 0.1) is 5.69 Å². The van der Waals surface area contributed by atoms with E-state index < -0.39 is 17.7 Å². The highest BCUT2D eigenvalue weighted by Crippen LogP contribution is 2.22. The number of carbonyl (C=O) groups is 2. The van der Waals surface area contributed by atoms with Crippen molar-refractivity contribution in [2.24, 2.45) is 0 Å². The second-order valence-corrected chi connectivity index (χ2v) is 5.38. The summed E-state index contributed by atoms with van der Waals surface area (Å²) in [6.45, 7) is 6.32. The Balaban J connectivity index is 2.24. The molecule has 1 atom stereocenters.